The van der Waals surface area contributed by atoms with E-state index in [1.165, 1.54) is 63.9 Å². The van der Waals surface area contributed by atoms with Gasteiger partial charge in [-0.1, -0.05) is 64.7 Å². The Morgan fingerprint density at radius 2 is 1.68 bits per heavy atom. The predicted molar refractivity (Wildman–Crippen MR) is 95.4 cm³/mol. The quantitative estimate of drug-likeness (QED) is 0.291. The molecule has 0 amide bonds. The van der Waals surface area contributed by atoms with Gasteiger partial charge in [-0.05, 0) is 30.4 Å². The van der Waals surface area contributed by atoms with E-state index in [1.54, 1.807) is 0 Å². The lowest BCUT2D eigenvalue weighted by Gasteiger charge is -2.28. The van der Waals surface area contributed by atoms with Gasteiger partial charge in [0.15, 0.2) is 11.6 Å². The van der Waals surface area contributed by atoms with E-state index in [2.05, 4.69) is 6.92 Å². The van der Waals surface area contributed by atoms with Crippen molar-refractivity contribution in [1.82, 2.24) is 0 Å². The smallest absolute Gasteiger partial charge is 0.311 e. The van der Waals surface area contributed by atoms with Gasteiger partial charge in [0.25, 0.3) is 0 Å². The molecule has 1 saturated carbocycles. The molecule has 2 nitrogen and oxygen atoms in total. The lowest BCUT2D eigenvalue weighted by Crippen LogP contribution is -2.17. The fraction of sp³-hybridized carbons (Fsp3) is 0.667. The Kier molecular flexibility index (Phi) is 8.36. The van der Waals surface area contributed by atoms with Gasteiger partial charge in [0.1, 0.15) is 5.75 Å². The molecule has 0 N–H and O–H groups in total. The highest BCUT2D eigenvalue weighted by atomic mass is 19.2. The van der Waals surface area contributed by atoms with Crippen molar-refractivity contribution in [3.8, 4) is 5.75 Å². The number of halogens is 2. The molecule has 2 rings (SSSR count). The van der Waals surface area contributed by atoms with E-state index in [0.29, 0.717) is 12.3 Å². The Bertz CT molecular complexity index is 537. The van der Waals surface area contributed by atoms with Crippen LogP contribution in [0.1, 0.15) is 77.6 Å². The summed E-state index contributed by atoms with van der Waals surface area (Å²) in [5.74, 6) is -0.784. The molecule has 0 atom stereocenters. The van der Waals surface area contributed by atoms with Crippen molar-refractivity contribution < 1.29 is 18.3 Å². The van der Waals surface area contributed by atoms with Crippen LogP contribution in [0.25, 0.3) is 0 Å². The van der Waals surface area contributed by atoms with Gasteiger partial charge in [0.2, 0.25) is 0 Å². The number of carbonyl (C=O) groups is 1. The first-order valence-corrected chi connectivity index (χ1v) is 9.74. The molecule has 0 aliphatic heterocycles. The Morgan fingerprint density at radius 3 is 2.32 bits per heavy atom. The number of benzene rings is 1. The van der Waals surface area contributed by atoms with Crippen molar-refractivity contribution >= 4 is 5.97 Å². The molecule has 140 valence electrons. The lowest BCUT2D eigenvalue weighted by atomic mass is 9.78. The molecule has 1 aromatic rings. The first-order valence-electron chi connectivity index (χ1n) is 9.74. The molecular weight excluding hydrogens is 322 g/mol. The fourth-order valence-corrected chi connectivity index (χ4v) is 3.71. The van der Waals surface area contributed by atoms with Gasteiger partial charge >= 0.3 is 5.97 Å². The maximum absolute atomic E-state index is 13.1. The highest BCUT2D eigenvalue weighted by Crippen LogP contribution is 2.34. The van der Waals surface area contributed by atoms with E-state index in [-0.39, 0.29) is 11.7 Å². The first-order chi connectivity index (χ1) is 12.1. The number of hydrogen-bond acceptors (Lipinski definition) is 2. The summed E-state index contributed by atoms with van der Waals surface area (Å²) < 4.78 is 31.1. The van der Waals surface area contributed by atoms with Gasteiger partial charge in [-0.3, -0.25) is 4.79 Å². The third-order valence-electron chi connectivity index (χ3n) is 5.31. The van der Waals surface area contributed by atoms with Crippen LogP contribution < -0.4 is 4.74 Å². The van der Waals surface area contributed by atoms with Crippen LogP contribution in [0.2, 0.25) is 0 Å². The number of unbranched alkanes of at least 4 members (excludes halogenated alkanes) is 3. The van der Waals surface area contributed by atoms with Crippen molar-refractivity contribution in [3.63, 3.8) is 0 Å². The van der Waals surface area contributed by atoms with Gasteiger partial charge < -0.3 is 4.74 Å². The van der Waals surface area contributed by atoms with Crippen molar-refractivity contribution in [1.29, 1.82) is 0 Å². The average molecular weight is 352 g/mol. The number of ether oxygens (including phenoxy) is 1. The largest absolute Gasteiger partial charge is 0.426 e. The molecule has 1 aliphatic rings. The summed E-state index contributed by atoms with van der Waals surface area (Å²) in [7, 11) is 0. The van der Waals surface area contributed by atoms with Gasteiger partial charge in [-0.2, -0.15) is 0 Å². The Balaban J connectivity index is 1.62. The van der Waals surface area contributed by atoms with Gasteiger partial charge in [0, 0.05) is 12.5 Å². The van der Waals surface area contributed by atoms with Gasteiger partial charge in [0.05, 0.1) is 0 Å². The lowest BCUT2D eigenvalue weighted by molar-refractivity contribution is -0.134. The molecule has 0 spiro atoms. The van der Waals surface area contributed by atoms with Crippen molar-refractivity contribution in [2.75, 3.05) is 0 Å². The van der Waals surface area contributed by atoms with Crippen molar-refractivity contribution in [3.05, 3.63) is 29.8 Å². The van der Waals surface area contributed by atoms with Gasteiger partial charge in [-0.25, -0.2) is 8.78 Å². The van der Waals surface area contributed by atoms with Crippen molar-refractivity contribution in [2.24, 2.45) is 11.8 Å². The summed E-state index contributed by atoms with van der Waals surface area (Å²) in [6.45, 7) is 2.24. The monoisotopic (exact) mass is 352 g/mol. The molecular formula is C21H30F2O2. The van der Waals surface area contributed by atoms with E-state index < -0.39 is 11.6 Å². The SMILES string of the molecule is CCCCCCC1CCC(CCC(=O)Oc2ccc(F)c(F)c2)CC1. The maximum atomic E-state index is 13.1. The molecule has 0 bridgehead atoms. The molecule has 0 heterocycles. The number of hydrogen-bond donors (Lipinski definition) is 0. The second-order valence-corrected chi connectivity index (χ2v) is 7.32. The second-order valence-electron chi connectivity index (χ2n) is 7.32. The van der Waals surface area contributed by atoms with Crippen molar-refractivity contribution in [2.45, 2.75) is 77.6 Å². The van der Waals surface area contributed by atoms with Crippen LogP contribution in [0, 0.1) is 23.5 Å². The Morgan fingerprint density at radius 1 is 1.00 bits per heavy atom. The molecule has 0 unspecified atom stereocenters. The zero-order valence-electron chi connectivity index (χ0n) is 15.2. The number of rotatable bonds is 9. The first kappa shape index (κ1) is 19.9. The van der Waals surface area contributed by atoms with Crippen LogP contribution in [0.4, 0.5) is 8.78 Å². The second kappa shape index (κ2) is 10.5. The third kappa shape index (κ3) is 7.13. The molecule has 1 fully saturated rings. The molecule has 0 radical (unpaired) electrons. The molecule has 1 aliphatic carbocycles. The maximum Gasteiger partial charge on any atom is 0.311 e. The number of carbonyl (C=O) groups excluding carboxylic acids is 1. The molecule has 1 aromatic carbocycles. The zero-order chi connectivity index (χ0) is 18.1. The molecule has 4 heteroatoms. The van der Waals surface area contributed by atoms with Crippen LogP contribution in [0.3, 0.4) is 0 Å². The minimum atomic E-state index is -0.998. The summed E-state index contributed by atoms with van der Waals surface area (Å²) in [6, 6.07) is 3.16. The molecule has 0 aromatic heterocycles. The summed E-state index contributed by atoms with van der Waals surface area (Å²) in [5.41, 5.74) is 0. The van der Waals surface area contributed by atoms with E-state index in [0.717, 1.165) is 24.5 Å². The third-order valence-corrected chi connectivity index (χ3v) is 5.31. The van der Waals surface area contributed by atoms with E-state index >= 15 is 0 Å². The topological polar surface area (TPSA) is 26.3 Å². The summed E-state index contributed by atoms with van der Waals surface area (Å²) >= 11 is 0. The molecule has 25 heavy (non-hydrogen) atoms. The van der Waals surface area contributed by atoms with Crippen LogP contribution in [-0.4, -0.2) is 5.97 Å². The zero-order valence-corrected chi connectivity index (χ0v) is 15.2. The summed E-state index contributed by atoms with van der Waals surface area (Å²) in [6.07, 6.45) is 12.8. The van der Waals surface area contributed by atoms with Crippen LogP contribution in [0.5, 0.6) is 5.75 Å². The highest BCUT2D eigenvalue weighted by Gasteiger charge is 2.21. The van der Waals surface area contributed by atoms with E-state index in [4.69, 9.17) is 4.74 Å². The van der Waals surface area contributed by atoms with E-state index in [9.17, 15) is 13.6 Å². The van der Waals surface area contributed by atoms with Crippen LogP contribution in [0.15, 0.2) is 18.2 Å². The van der Waals surface area contributed by atoms with Crippen LogP contribution in [-0.2, 0) is 4.79 Å². The number of esters is 1. The predicted octanol–water partition coefficient (Wildman–Crippen LogP) is 6.43. The summed E-state index contributed by atoms with van der Waals surface area (Å²) in [5, 5.41) is 0. The summed E-state index contributed by atoms with van der Waals surface area (Å²) in [4.78, 5) is 11.9. The van der Waals surface area contributed by atoms with Gasteiger partial charge in [-0.15, -0.1) is 0 Å². The minimum Gasteiger partial charge on any atom is -0.426 e. The highest BCUT2D eigenvalue weighted by molar-refractivity contribution is 5.72. The Hall–Kier alpha value is -1.45. The standard InChI is InChI=1S/C21H30F2O2/c1-2-3-4-5-6-16-7-9-17(10-8-16)11-14-21(24)25-18-12-13-19(22)20(23)15-18/h12-13,15-17H,2-11,14H2,1H3. The minimum absolute atomic E-state index is 0.0692. The fourth-order valence-electron chi connectivity index (χ4n) is 3.71. The molecule has 0 saturated heterocycles. The average Bonchev–Trinajstić information content (AvgIpc) is 2.61. The Labute approximate surface area is 150 Å². The van der Waals surface area contributed by atoms with E-state index in [1.807, 2.05) is 0 Å². The van der Waals surface area contributed by atoms with Crippen LogP contribution >= 0.6 is 0 Å². The normalized spacial score (nSPS) is 20.4.